The number of hydrogen-bond acceptors (Lipinski definition) is 1. The van der Waals surface area contributed by atoms with Crippen LogP contribution in [-0.2, 0) is 10.8 Å². The van der Waals surface area contributed by atoms with Crippen molar-refractivity contribution in [2.45, 2.75) is 38.5 Å². The summed E-state index contributed by atoms with van der Waals surface area (Å²) in [7, 11) is 0. The molecule has 2 aliphatic carbocycles. The minimum Gasteiger partial charge on any atom is -0.310 e. The van der Waals surface area contributed by atoms with Crippen LogP contribution in [0.4, 0.5) is 17.1 Å². The topological polar surface area (TPSA) is 3.24 Å². The first kappa shape index (κ1) is 37.3. The largest absolute Gasteiger partial charge is 0.310 e. The summed E-state index contributed by atoms with van der Waals surface area (Å²) in [5, 5.41) is 5.04. The first-order valence-electron chi connectivity index (χ1n) is 22.3. The normalized spacial score (nSPS) is 14.0. The van der Waals surface area contributed by atoms with Gasteiger partial charge in [-0.05, 0) is 142 Å². The van der Waals surface area contributed by atoms with Crippen molar-refractivity contribution in [1.29, 1.82) is 0 Å². The molecular weight excluding hydrogens is 759 g/mol. The Bertz CT molecular complexity index is 3320. The Kier molecular flexibility index (Phi) is 8.30. The molecule has 0 amide bonds. The maximum Gasteiger partial charge on any atom is 0.0465 e. The first-order chi connectivity index (χ1) is 30.8. The molecule has 63 heavy (non-hydrogen) atoms. The molecule has 0 atom stereocenters. The molecule has 10 aromatic rings. The number of rotatable bonds is 6. The van der Waals surface area contributed by atoms with Crippen LogP contribution in [0.5, 0.6) is 0 Å². The Labute approximate surface area is 370 Å². The lowest BCUT2D eigenvalue weighted by Gasteiger charge is -2.30. The molecule has 2 aliphatic rings. The van der Waals surface area contributed by atoms with Crippen LogP contribution in [0.3, 0.4) is 0 Å². The molecule has 0 radical (unpaired) electrons. The van der Waals surface area contributed by atoms with E-state index in [1.807, 2.05) is 0 Å². The van der Waals surface area contributed by atoms with Crippen molar-refractivity contribution in [2.24, 2.45) is 0 Å². The van der Waals surface area contributed by atoms with Crippen LogP contribution in [0.1, 0.15) is 49.9 Å². The molecule has 0 bridgehead atoms. The van der Waals surface area contributed by atoms with Gasteiger partial charge in [-0.1, -0.05) is 198 Å². The molecule has 12 rings (SSSR count). The zero-order chi connectivity index (χ0) is 42.5. The van der Waals surface area contributed by atoms with Crippen molar-refractivity contribution in [2.75, 3.05) is 4.90 Å². The van der Waals surface area contributed by atoms with Crippen molar-refractivity contribution in [3.63, 3.8) is 0 Å². The van der Waals surface area contributed by atoms with E-state index in [4.69, 9.17) is 0 Å². The van der Waals surface area contributed by atoms with Crippen LogP contribution in [0, 0.1) is 0 Å². The Morgan fingerprint density at radius 2 is 0.667 bits per heavy atom. The molecule has 1 heteroatoms. The van der Waals surface area contributed by atoms with E-state index in [-0.39, 0.29) is 10.8 Å². The molecule has 0 saturated heterocycles. The van der Waals surface area contributed by atoms with Crippen LogP contribution in [0.2, 0.25) is 0 Å². The summed E-state index contributed by atoms with van der Waals surface area (Å²) in [5.41, 5.74) is 21.5. The lowest BCUT2D eigenvalue weighted by Crippen LogP contribution is -2.18. The summed E-state index contributed by atoms with van der Waals surface area (Å²) in [4.78, 5) is 2.47. The lowest BCUT2D eigenvalue weighted by molar-refractivity contribution is 0.660. The van der Waals surface area contributed by atoms with Gasteiger partial charge in [-0.2, -0.15) is 0 Å². The zero-order valence-electron chi connectivity index (χ0n) is 36.2. The molecule has 0 aromatic heterocycles. The third-order valence-corrected chi connectivity index (χ3v) is 14.3. The fraction of sp³-hybridized carbons (Fsp3) is 0.0968. The van der Waals surface area contributed by atoms with Crippen LogP contribution >= 0.6 is 0 Å². The van der Waals surface area contributed by atoms with Gasteiger partial charge in [0.15, 0.2) is 0 Å². The Hall–Kier alpha value is -7.48. The number of benzene rings is 10. The molecule has 0 spiro atoms. The number of nitrogens with zero attached hydrogens (tertiary/aromatic N) is 1. The monoisotopic (exact) mass is 805 g/mol. The maximum atomic E-state index is 2.47. The molecule has 0 fully saturated rings. The van der Waals surface area contributed by atoms with E-state index in [1.54, 1.807) is 0 Å². The van der Waals surface area contributed by atoms with Gasteiger partial charge in [-0.25, -0.2) is 0 Å². The minimum atomic E-state index is -0.112. The van der Waals surface area contributed by atoms with Gasteiger partial charge >= 0.3 is 0 Å². The van der Waals surface area contributed by atoms with Crippen LogP contribution in [-0.4, -0.2) is 0 Å². The smallest absolute Gasteiger partial charge is 0.0465 e. The summed E-state index contributed by atoms with van der Waals surface area (Å²) in [6.07, 6.45) is 0. The summed E-state index contributed by atoms with van der Waals surface area (Å²) in [6.45, 7) is 9.48. The van der Waals surface area contributed by atoms with Gasteiger partial charge in [-0.3, -0.25) is 0 Å². The van der Waals surface area contributed by atoms with E-state index < -0.39 is 0 Å². The van der Waals surface area contributed by atoms with Gasteiger partial charge in [0.05, 0.1) is 0 Å². The van der Waals surface area contributed by atoms with Crippen LogP contribution in [0.15, 0.2) is 212 Å². The van der Waals surface area contributed by atoms with Crippen molar-refractivity contribution >= 4 is 38.6 Å². The maximum absolute atomic E-state index is 2.47. The highest BCUT2D eigenvalue weighted by Gasteiger charge is 2.37. The van der Waals surface area contributed by atoms with E-state index in [1.165, 1.54) is 99.4 Å². The highest BCUT2D eigenvalue weighted by Crippen LogP contribution is 2.53. The highest BCUT2D eigenvalue weighted by atomic mass is 15.1. The molecule has 0 saturated carbocycles. The number of fused-ring (bicyclic) bond motifs is 8. The Balaban J connectivity index is 1.02. The molecule has 0 N–H and O–H groups in total. The fourth-order valence-electron chi connectivity index (χ4n) is 11.1. The molecular formula is C62H47N. The summed E-state index contributed by atoms with van der Waals surface area (Å²) < 4.78 is 0. The SMILES string of the molecule is CC1(C)c2ccccc2-c2ccc(N(c3ccc(-c4ccc5c(-c6ccccc6)c6ccccc6c(-c6ccccc6)c5c4)cc3)c3ccc4c(c3)C(C)(C)c3ccccc3-4)cc21. The summed E-state index contributed by atoms with van der Waals surface area (Å²) in [6, 6.07) is 79.1. The molecule has 1 nitrogen and oxygen atoms in total. The van der Waals surface area contributed by atoms with Crippen molar-refractivity contribution in [3.8, 4) is 55.6 Å². The van der Waals surface area contributed by atoms with E-state index in [9.17, 15) is 0 Å². The molecule has 0 heterocycles. The van der Waals surface area contributed by atoms with Crippen LogP contribution in [0.25, 0.3) is 77.2 Å². The van der Waals surface area contributed by atoms with Gasteiger partial charge in [0.2, 0.25) is 0 Å². The Morgan fingerprint density at radius 3 is 1.19 bits per heavy atom. The summed E-state index contributed by atoms with van der Waals surface area (Å²) in [5.74, 6) is 0. The van der Waals surface area contributed by atoms with Crippen LogP contribution < -0.4 is 4.90 Å². The third-order valence-electron chi connectivity index (χ3n) is 14.3. The Morgan fingerprint density at radius 1 is 0.270 bits per heavy atom. The minimum absolute atomic E-state index is 0.112. The van der Waals surface area contributed by atoms with E-state index in [2.05, 4.69) is 245 Å². The van der Waals surface area contributed by atoms with Gasteiger partial charge in [-0.15, -0.1) is 0 Å². The number of hydrogen-bond donors (Lipinski definition) is 0. The molecule has 300 valence electrons. The van der Waals surface area contributed by atoms with Crippen molar-refractivity contribution in [3.05, 3.63) is 235 Å². The number of anilines is 3. The zero-order valence-corrected chi connectivity index (χ0v) is 36.2. The first-order valence-corrected chi connectivity index (χ1v) is 22.3. The van der Waals surface area contributed by atoms with Gasteiger partial charge in [0.25, 0.3) is 0 Å². The lowest BCUT2D eigenvalue weighted by atomic mass is 9.82. The van der Waals surface area contributed by atoms with Gasteiger partial charge < -0.3 is 4.90 Å². The van der Waals surface area contributed by atoms with Crippen molar-refractivity contribution < 1.29 is 0 Å². The van der Waals surface area contributed by atoms with Gasteiger partial charge in [0, 0.05) is 27.9 Å². The standard InChI is InChI=1S/C62H47N/c1-61(2)55-25-15-13-21-47(55)49-35-32-45(38-57(49)61)63(46-33-36-50-48-22-14-16-26-56(48)62(3,4)58(50)39-46)44-30-27-40(28-31-44)43-29-34-53-54(37-43)60(42-19-9-6-10-20-42)52-24-12-11-23-51(52)59(53)41-17-7-5-8-18-41/h5-39H,1-4H3. The predicted molar refractivity (Wildman–Crippen MR) is 268 cm³/mol. The van der Waals surface area contributed by atoms with E-state index >= 15 is 0 Å². The summed E-state index contributed by atoms with van der Waals surface area (Å²) >= 11 is 0. The second-order valence-corrected chi connectivity index (χ2v) is 18.5. The van der Waals surface area contributed by atoms with Crippen molar-refractivity contribution in [1.82, 2.24) is 0 Å². The fourth-order valence-corrected chi connectivity index (χ4v) is 11.1. The molecule has 0 aliphatic heterocycles. The average molecular weight is 806 g/mol. The quantitative estimate of drug-likeness (QED) is 0.151. The van der Waals surface area contributed by atoms with E-state index in [0.29, 0.717) is 0 Å². The third kappa shape index (κ3) is 5.69. The van der Waals surface area contributed by atoms with Gasteiger partial charge in [0.1, 0.15) is 0 Å². The molecule has 0 unspecified atom stereocenters. The molecule has 10 aromatic carbocycles. The highest BCUT2D eigenvalue weighted by molar-refractivity contribution is 6.22. The second-order valence-electron chi connectivity index (χ2n) is 18.5. The predicted octanol–water partition coefficient (Wildman–Crippen LogP) is 17.1. The van der Waals surface area contributed by atoms with E-state index in [0.717, 1.165) is 17.1 Å². The average Bonchev–Trinajstić information content (AvgIpc) is 3.70. The second kappa shape index (κ2) is 14.0.